The minimum Gasteiger partial charge on any atom is -0.456 e. The Labute approximate surface area is 373 Å². The van der Waals surface area contributed by atoms with E-state index in [0.29, 0.717) is 37.9 Å². The predicted molar refractivity (Wildman–Crippen MR) is 241 cm³/mol. The Morgan fingerprint density at radius 3 is 1.83 bits per heavy atom. The molecule has 59 heavy (non-hydrogen) atoms. The normalized spacial score (nSPS) is 18.4. The summed E-state index contributed by atoms with van der Waals surface area (Å²) in [4.78, 5) is 15.1. The Morgan fingerprint density at radius 1 is 0.492 bits per heavy atom. The quantitative estimate of drug-likeness (QED) is 0.161. The van der Waals surface area contributed by atoms with Gasteiger partial charge >= 0.3 is 0 Å². The third-order valence-corrected chi connectivity index (χ3v) is 9.96. The monoisotopic (exact) mass is 780 g/mol. The van der Waals surface area contributed by atoms with E-state index in [1.54, 1.807) is 24.3 Å². The van der Waals surface area contributed by atoms with Crippen LogP contribution in [0.1, 0.15) is 55.0 Å². The third kappa shape index (κ3) is 5.90. The van der Waals surface area contributed by atoms with Crippen LogP contribution >= 0.6 is 0 Å². The summed E-state index contributed by atoms with van der Waals surface area (Å²) >= 11 is 0. The number of para-hydroxylation sites is 2. The lowest BCUT2D eigenvalue weighted by Crippen LogP contribution is -2.16. The van der Waals surface area contributed by atoms with Gasteiger partial charge in [-0.15, -0.1) is 0 Å². The molecule has 0 N–H and O–H groups in total. The second-order valence-corrected chi connectivity index (χ2v) is 13.5. The van der Waals surface area contributed by atoms with Crippen LogP contribution in [0.4, 0.5) is 17.1 Å². The number of nitrogens with zero attached hydrogens (tertiary/aromatic N) is 4. The van der Waals surface area contributed by atoms with Crippen LogP contribution in [-0.2, 0) is 5.41 Å². The molecule has 2 aromatic heterocycles. The molecule has 1 aliphatic carbocycles. The van der Waals surface area contributed by atoms with Gasteiger partial charge in [-0.25, -0.2) is 15.0 Å². The van der Waals surface area contributed by atoms with Crippen LogP contribution in [0.25, 0.3) is 78.4 Å². The number of hydrogen-bond donors (Lipinski definition) is 0. The minimum atomic E-state index is -3.88. The standard InChI is InChI=1S/C54H38N4O/c1-54(2)46-24-14-12-22-42(46)43-31-30-41(34-47(43)54)58(39-20-10-5-11-21-39)40-28-26-35(27-29-40)38-32-45(50-44-23-13-15-25-48(44)59-49(50)33-38)53-56-51(36-16-6-3-7-17-36)55-52(57-53)37-18-8-4-9-19-37/h3-34H,1-2H3/i1D3,2D3,5D,10D,11D,12D,14D,20D,21D,22D,24D,26D,27D,28D,29D,30D,31D,34D. The molecule has 11 rings (SSSR count). The maximum absolute atomic E-state index is 9.96. The summed E-state index contributed by atoms with van der Waals surface area (Å²) in [6.07, 6.45) is 0. The molecule has 8 aromatic carbocycles. The highest BCUT2D eigenvalue weighted by Crippen LogP contribution is 2.51. The first-order chi connectivity index (χ1) is 38.2. The first-order valence-electron chi connectivity index (χ1n) is 29.2. The van der Waals surface area contributed by atoms with E-state index in [-0.39, 0.29) is 28.6 Å². The van der Waals surface area contributed by atoms with Gasteiger partial charge in [-0.1, -0.05) is 153 Å². The molecule has 0 atom stereocenters. The van der Waals surface area contributed by atoms with E-state index in [0.717, 1.165) is 0 Å². The zero-order chi connectivity index (χ0) is 58.4. The minimum absolute atomic E-state index is 0.0106. The van der Waals surface area contributed by atoms with Crippen molar-refractivity contribution < 1.29 is 34.6 Å². The fourth-order valence-electron chi connectivity index (χ4n) is 7.24. The van der Waals surface area contributed by atoms with Crippen LogP contribution in [0.5, 0.6) is 0 Å². The molecule has 2 heterocycles. The molecule has 280 valence electrons. The van der Waals surface area contributed by atoms with Gasteiger partial charge in [-0.2, -0.15) is 0 Å². The van der Waals surface area contributed by atoms with Gasteiger partial charge in [0.2, 0.25) is 0 Å². The van der Waals surface area contributed by atoms with Gasteiger partial charge in [0.05, 0.1) is 21.9 Å². The maximum Gasteiger partial charge on any atom is 0.164 e. The van der Waals surface area contributed by atoms with E-state index in [4.69, 9.17) is 37.2 Å². The molecule has 0 aliphatic heterocycles. The van der Waals surface area contributed by atoms with E-state index >= 15 is 0 Å². The first-order valence-corrected chi connectivity index (χ1v) is 18.2. The molecular weight excluding hydrogens is 721 g/mol. The molecule has 0 amide bonds. The van der Waals surface area contributed by atoms with Crippen molar-refractivity contribution in [2.24, 2.45) is 0 Å². The Hall–Kier alpha value is -7.63. The van der Waals surface area contributed by atoms with Crippen LogP contribution in [0, 0.1) is 0 Å². The second-order valence-electron chi connectivity index (χ2n) is 13.5. The molecule has 0 fully saturated rings. The van der Waals surface area contributed by atoms with Gasteiger partial charge in [0.15, 0.2) is 17.5 Å². The van der Waals surface area contributed by atoms with Crippen molar-refractivity contribution in [2.75, 3.05) is 4.90 Å². The number of hydrogen-bond acceptors (Lipinski definition) is 5. The van der Waals surface area contributed by atoms with Crippen LogP contribution in [0.15, 0.2) is 198 Å². The summed E-state index contributed by atoms with van der Waals surface area (Å²) in [6, 6.07) is 11.2. The van der Waals surface area contributed by atoms with Crippen LogP contribution in [0.3, 0.4) is 0 Å². The van der Waals surface area contributed by atoms with Crippen molar-refractivity contribution in [3.8, 4) is 56.4 Å². The van der Waals surface area contributed by atoms with E-state index < -0.39 is 161 Å². The van der Waals surface area contributed by atoms with Crippen molar-refractivity contribution in [2.45, 2.75) is 19.1 Å². The van der Waals surface area contributed by atoms with Gasteiger partial charge in [-0.3, -0.25) is 0 Å². The van der Waals surface area contributed by atoms with Gasteiger partial charge in [0.25, 0.3) is 0 Å². The average Bonchev–Trinajstić information content (AvgIpc) is 1.65. The SMILES string of the molecule is [2H]c1c([2H])c([2H])c(N(c2c([2H])c([2H])c(-c3cc(-c4nc(-c5ccccc5)nc(-c5ccccc5)n4)c4c(c3)oc3ccccc34)c([2H])c2[2H])c2c([2H])c([2H])c3c(c2[2H])C(C([2H])([2H])[2H])(C([2H])([2H])[2H])c2c([2H])c([2H])c([2H])c([2H])c2-3)c([2H])c1[2H]. The Bertz CT molecular complexity index is 4220. The van der Waals surface area contributed by atoms with Gasteiger partial charge in [0, 0.05) is 58.2 Å². The van der Waals surface area contributed by atoms with E-state index in [1.165, 1.54) is 12.1 Å². The molecule has 1 aliphatic rings. The average molecular weight is 781 g/mol. The summed E-state index contributed by atoms with van der Waals surface area (Å²) in [6.45, 7) is -7.75. The van der Waals surface area contributed by atoms with Crippen molar-refractivity contribution >= 4 is 39.0 Å². The van der Waals surface area contributed by atoms with Crippen LogP contribution < -0.4 is 4.90 Å². The zero-order valence-corrected chi connectivity index (χ0v) is 30.4. The van der Waals surface area contributed by atoms with E-state index in [2.05, 4.69) is 0 Å². The summed E-state index contributed by atoms with van der Waals surface area (Å²) in [5.74, 6) is 0.659. The smallest absolute Gasteiger partial charge is 0.164 e. The number of anilines is 3. The molecule has 0 spiro atoms. The van der Waals surface area contributed by atoms with E-state index in [1.807, 2.05) is 60.7 Å². The van der Waals surface area contributed by atoms with Crippen LogP contribution in [0.2, 0.25) is 0 Å². The summed E-state index contributed by atoms with van der Waals surface area (Å²) < 4.78 is 207. The lowest BCUT2D eigenvalue weighted by molar-refractivity contribution is 0.660. The Balaban J connectivity index is 1.24. The lowest BCUT2D eigenvalue weighted by atomic mass is 9.82. The second kappa shape index (κ2) is 13.8. The fourth-order valence-corrected chi connectivity index (χ4v) is 7.24. The zero-order valence-electron chi connectivity index (χ0n) is 52.4. The Morgan fingerprint density at radius 2 is 1.10 bits per heavy atom. The Kier molecular flexibility index (Phi) is 4.38. The molecule has 10 aromatic rings. The summed E-state index contributed by atoms with van der Waals surface area (Å²) in [5, 5.41) is 1.11. The molecule has 5 heteroatoms. The molecule has 5 nitrogen and oxygen atoms in total. The number of rotatable bonds is 7. The number of furan rings is 1. The highest BCUT2D eigenvalue weighted by molar-refractivity contribution is 6.13. The van der Waals surface area contributed by atoms with E-state index in [9.17, 15) is 12.3 Å². The van der Waals surface area contributed by atoms with Crippen molar-refractivity contribution in [3.63, 3.8) is 0 Å². The number of fused-ring (bicyclic) bond motifs is 6. The van der Waals surface area contributed by atoms with Crippen molar-refractivity contribution in [1.82, 2.24) is 15.0 Å². The highest BCUT2D eigenvalue weighted by Gasteiger charge is 2.35. The lowest BCUT2D eigenvalue weighted by Gasteiger charge is -2.28. The molecule has 0 unspecified atom stereocenters. The topological polar surface area (TPSA) is 55.1 Å². The summed E-state index contributed by atoms with van der Waals surface area (Å²) in [5.41, 5.74) is -8.94. The first kappa shape index (κ1) is 18.8. The van der Waals surface area contributed by atoms with Gasteiger partial charge in [0.1, 0.15) is 11.2 Å². The van der Waals surface area contributed by atoms with Gasteiger partial charge < -0.3 is 9.32 Å². The fraction of sp³-hybridized carbons (Fsp3) is 0.0556. The molecular formula is C54H38N4O. The molecule has 0 saturated carbocycles. The maximum atomic E-state index is 9.96. The summed E-state index contributed by atoms with van der Waals surface area (Å²) in [7, 11) is 0. The number of aromatic nitrogens is 3. The van der Waals surface area contributed by atoms with Crippen LogP contribution in [-0.4, -0.2) is 15.0 Å². The third-order valence-electron chi connectivity index (χ3n) is 9.96. The number of benzene rings is 8. The van der Waals surface area contributed by atoms with Crippen molar-refractivity contribution in [1.29, 1.82) is 0 Å². The molecule has 0 radical (unpaired) electrons. The predicted octanol–water partition coefficient (Wildman–Crippen LogP) is 14.2. The molecule has 0 saturated heterocycles. The van der Waals surface area contributed by atoms with Crippen molar-refractivity contribution in [3.05, 3.63) is 205 Å². The molecule has 0 bridgehead atoms. The largest absolute Gasteiger partial charge is 0.456 e. The highest BCUT2D eigenvalue weighted by atomic mass is 16.3. The van der Waals surface area contributed by atoms with Gasteiger partial charge in [-0.05, 0) is 87.8 Å².